The summed E-state index contributed by atoms with van der Waals surface area (Å²) in [6.07, 6.45) is 2.08. The number of rotatable bonds is 8. The summed E-state index contributed by atoms with van der Waals surface area (Å²) in [5.74, 6) is -0.0384. The summed E-state index contributed by atoms with van der Waals surface area (Å²) in [6, 6.07) is 12.6. The first kappa shape index (κ1) is 24.8. The molecule has 1 N–H and O–H groups in total. The van der Waals surface area contributed by atoms with Crippen molar-refractivity contribution < 1.29 is 18.7 Å². The Labute approximate surface area is 165 Å². The summed E-state index contributed by atoms with van der Waals surface area (Å²) in [5.41, 5.74) is 2.43. The number of carbonyl (C=O) groups is 2. The first-order valence-electron chi connectivity index (χ1n) is 8.56. The summed E-state index contributed by atoms with van der Waals surface area (Å²) in [5, 5.41) is 4.24. The SMILES string of the molecule is C=O.C=O.CCCC(NCCOc1ccccc1F)c1cc(Cl)ccc1C. The minimum atomic E-state index is -0.330. The van der Waals surface area contributed by atoms with Crippen LogP contribution in [0.3, 0.4) is 0 Å². The lowest BCUT2D eigenvalue weighted by atomic mass is 9.98. The van der Waals surface area contributed by atoms with Crippen molar-refractivity contribution in [3.8, 4) is 5.75 Å². The molecule has 4 nitrogen and oxygen atoms in total. The lowest BCUT2D eigenvalue weighted by Crippen LogP contribution is -2.27. The van der Waals surface area contributed by atoms with Gasteiger partial charge in [0.1, 0.15) is 20.2 Å². The van der Waals surface area contributed by atoms with Gasteiger partial charge < -0.3 is 19.6 Å². The molecule has 0 aliphatic carbocycles. The van der Waals surface area contributed by atoms with Crippen molar-refractivity contribution in [2.45, 2.75) is 32.7 Å². The maximum Gasteiger partial charge on any atom is 0.165 e. The van der Waals surface area contributed by atoms with Gasteiger partial charge in [-0.15, -0.1) is 0 Å². The Morgan fingerprint density at radius 1 is 1.15 bits per heavy atom. The lowest BCUT2D eigenvalue weighted by molar-refractivity contribution is -0.0987. The summed E-state index contributed by atoms with van der Waals surface area (Å²) in [4.78, 5) is 16.0. The average Bonchev–Trinajstić information content (AvgIpc) is 2.70. The number of ether oxygens (including phenoxy) is 1. The van der Waals surface area contributed by atoms with Gasteiger partial charge in [-0.2, -0.15) is 0 Å². The van der Waals surface area contributed by atoms with Crippen molar-refractivity contribution in [1.82, 2.24) is 5.32 Å². The van der Waals surface area contributed by atoms with E-state index in [1.165, 1.54) is 17.2 Å². The molecule has 148 valence electrons. The van der Waals surface area contributed by atoms with Gasteiger partial charge in [0.2, 0.25) is 0 Å². The molecule has 0 bridgehead atoms. The van der Waals surface area contributed by atoms with E-state index in [0.717, 1.165) is 17.9 Å². The van der Waals surface area contributed by atoms with Crippen molar-refractivity contribution in [1.29, 1.82) is 0 Å². The zero-order chi connectivity index (χ0) is 20.7. The number of nitrogens with one attached hydrogen (secondary N) is 1. The highest BCUT2D eigenvalue weighted by Gasteiger charge is 2.13. The van der Waals surface area contributed by atoms with Crippen LogP contribution in [0.2, 0.25) is 5.02 Å². The van der Waals surface area contributed by atoms with E-state index in [4.69, 9.17) is 25.9 Å². The third-order valence-electron chi connectivity index (χ3n) is 3.78. The monoisotopic (exact) mass is 395 g/mol. The van der Waals surface area contributed by atoms with E-state index in [1.807, 2.05) is 31.8 Å². The highest BCUT2D eigenvalue weighted by Crippen LogP contribution is 2.25. The Morgan fingerprint density at radius 3 is 2.44 bits per heavy atom. The molecule has 0 amide bonds. The maximum absolute atomic E-state index is 13.5. The van der Waals surface area contributed by atoms with Gasteiger partial charge in [0, 0.05) is 17.6 Å². The van der Waals surface area contributed by atoms with Crippen molar-refractivity contribution >= 4 is 25.2 Å². The molecule has 2 aromatic carbocycles. The Bertz CT molecular complexity index is 668. The number of benzene rings is 2. The third kappa shape index (κ3) is 8.80. The fourth-order valence-corrected chi connectivity index (χ4v) is 2.78. The van der Waals surface area contributed by atoms with Crippen LogP contribution in [-0.4, -0.2) is 26.7 Å². The van der Waals surface area contributed by atoms with Crippen LogP contribution in [-0.2, 0) is 9.59 Å². The highest BCUT2D eigenvalue weighted by molar-refractivity contribution is 6.30. The van der Waals surface area contributed by atoms with Crippen molar-refractivity contribution in [3.63, 3.8) is 0 Å². The molecule has 6 heteroatoms. The average molecular weight is 396 g/mol. The fourth-order valence-electron chi connectivity index (χ4n) is 2.60. The molecule has 2 rings (SSSR count). The Hall–Kier alpha value is -2.24. The number of para-hydroxylation sites is 1. The van der Waals surface area contributed by atoms with Gasteiger partial charge in [-0.25, -0.2) is 4.39 Å². The molecule has 0 heterocycles. The van der Waals surface area contributed by atoms with Gasteiger partial charge in [-0.1, -0.05) is 43.1 Å². The van der Waals surface area contributed by atoms with E-state index in [9.17, 15) is 4.39 Å². The predicted molar refractivity (Wildman–Crippen MR) is 108 cm³/mol. The second-order valence-corrected chi connectivity index (χ2v) is 6.01. The Kier molecular flexibility index (Phi) is 13.6. The number of halogens is 2. The van der Waals surface area contributed by atoms with Crippen LogP contribution in [0.5, 0.6) is 5.75 Å². The number of hydrogen-bond donors (Lipinski definition) is 1. The Morgan fingerprint density at radius 2 is 1.81 bits per heavy atom. The minimum Gasteiger partial charge on any atom is -0.489 e. The highest BCUT2D eigenvalue weighted by atomic mass is 35.5. The fraction of sp³-hybridized carbons (Fsp3) is 0.333. The summed E-state index contributed by atoms with van der Waals surface area (Å²) in [7, 11) is 0. The topological polar surface area (TPSA) is 55.4 Å². The molecule has 2 aromatic rings. The Balaban J connectivity index is 0.00000158. The lowest BCUT2D eigenvalue weighted by Gasteiger charge is -2.21. The van der Waals surface area contributed by atoms with E-state index >= 15 is 0 Å². The maximum atomic E-state index is 13.5. The molecule has 0 aliphatic heterocycles. The zero-order valence-electron chi connectivity index (χ0n) is 15.8. The van der Waals surface area contributed by atoms with Crippen LogP contribution in [0, 0.1) is 12.7 Å². The van der Waals surface area contributed by atoms with Gasteiger partial charge in [-0.3, -0.25) is 0 Å². The van der Waals surface area contributed by atoms with E-state index < -0.39 is 0 Å². The van der Waals surface area contributed by atoms with Gasteiger partial charge in [0.05, 0.1) is 0 Å². The molecule has 0 saturated heterocycles. The van der Waals surface area contributed by atoms with Crippen LogP contribution in [0.25, 0.3) is 0 Å². The number of hydrogen-bond acceptors (Lipinski definition) is 4. The largest absolute Gasteiger partial charge is 0.489 e. The van der Waals surface area contributed by atoms with Crippen molar-refractivity contribution in [2.75, 3.05) is 13.2 Å². The molecule has 27 heavy (non-hydrogen) atoms. The van der Waals surface area contributed by atoms with Crippen LogP contribution in [0.4, 0.5) is 4.39 Å². The van der Waals surface area contributed by atoms with Crippen LogP contribution < -0.4 is 10.1 Å². The normalized spacial score (nSPS) is 10.7. The first-order chi connectivity index (χ1) is 13.1. The van der Waals surface area contributed by atoms with E-state index in [-0.39, 0.29) is 11.9 Å². The molecule has 1 atom stereocenters. The molecule has 0 saturated carbocycles. The molecule has 0 aliphatic rings. The van der Waals surface area contributed by atoms with Crippen LogP contribution in [0.1, 0.15) is 36.9 Å². The molecule has 0 fully saturated rings. The summed E-state index contributed by atoms with van der Waals surface area (Å²) in [6.45, 7) is 9.31. The minimum absolute atomic E-state index is 0.225. The second kappa shape index (κ2) is 14.9. The second-order valence-electron chi connectivity index (χ2n) is 5.58. The van der Waals surface area contributed by atoms with Crippen LogP contribution in [0.15, 0.2) is 42.5 Å². The van der Waals surface area contributed by atoms with Crippen molar-refractivity contribution in [2.24, 2.45) is 0 Å². The molecular formula is C21H27ClFNO3. The molecular weight excluding hydrogens is 369 g/mol. The molecule has 1 unspecified atom stereocenters. The van der Waals surface area contributed by atoms with E-state index in [0.29, 0.717) is 18.9 Å². The van der Waals surface area contributed by atoms with Gasteiger partial charge in [0.15, 0.2) is 11.6 Å². The van der Waals surface area contributed by atoms with Gasteiger partial charge >= 0.3 is 0 Å². The number of carbonyl (C=O) groups excluding carboxylic acids is 2. The van der Waals surface area contributed by atoms with Gasteiger partial charge in [-0.05, 0) is 48.7 Å². The smallest absolute Gasteiger partial charge is 0.165 e. The zero-order valence-corrected chi connectivity index (χ0v) is 16.6. The quantitative estimate of drug-likeness (QED) is 0.644. The summed E-state index contributed by atoms with van der Waals surface area (Å²) >= 11 is 6.13. The first-order valence-corrected chi connectivity index (χ1v) is 8.94. The van der Waals surface area contributed by atoms with E-state index in [1.54, 1.807) is 18.2 Å². The number of aryl methyl sites for hydroxylation is 1. The van der Waals surface area contributed by atoms with E-state index in [2.05, 4.69) is 19.2 Å². The predicted octanol–water partition coefficient (Wildman–Crippen LogP) is 4.93. The van der Waals surface area contributed by atoms with Crippen molar-refractivity contribution in [3.05, 3.63) is 64.4 Å². The van der Waals surface area contributed by atoms with Crippen LogP contribution >= 0.6 is 11.6 Å². The third-order valence-corrected chi connectivity index (χ3v) is 4.02. The molecule has 0 radical (unpaired) electrons. The molecule has 0 aromatic heterocycles. The standard InChI is InChI=1S/C19H23ClFNO.2CH2O/c1-3-6-18(16-13-15(20)10-9-14(16)2)22-11-12-23-19-8-5-4-7-17(19)21;2*1-2/h4-5,7-10,13,18,22H,3,6,11-12H2,1-2H3;2*1H2. The van der Waals surface area contributed by atoms with Gasteiger partial charge in [0.25, 0.3) is 0 Å². The summed E-state index contributed by atoms with van der Waals surface area (Å²) < 4.78 is 19.0. The molecule has 0 spiro atoms.